The molecule has 7 heteroatoms. The Morgan fingerprint density at radius 2 is 2.47 bits per heavy atom. The molecule has 1 aromatic heterocycles. The summed E-state index contributed by atoms with van der Waals surface area (Å²) in [7, 11) is 0. The highest BCUT2D eigenvalue weighted by molar-refractivity contribution is 8.01. The highest BCUT2D eigenvalue weighted by atomic mass is 32.2. The van der Waals surface area contributed by atoms with E-state index in [-0.39, 0.29) is 10.6 Å². The molecule has 100 valence electrons. The van der Waals surface area contributed by atoms with E-state index in [1.165, 1.54) is 18.9 Å². The first-order valence-electron chi connectivity index (χ1n) is 6.13. The van der Waals surface area contributed by atoms with Crippen molar-refractivity contribution < 1.29 is 4.92 Å². The molecule has 0 amide bonds. The van der Waals surface area contributed by atoms with E-state index >= 15 is 0 Å². The van der Waals surface area contributed by atoms with Crippen molar-refractivity contribution in [3.05, 3.63) is 28.3 Å². The number of non-ortho nitro benzene ring substituents is 1. The smallest absolute Gasteiger partial charge is 0.271 e. The molecule has 1 unspecified atom stereocenters. The lowest BCUT2D eigenvalue weighted by molar-refractivity contribution is -0.384. The van der Waals surface area contributed by atoms with E-state index in [9.17, 15) is 10.1 Å². The highest BCUT2D eigenvalue weighted by Gasteiger charge is 2.16. The van der Waals surface area contributed by atoms with Gasteiger partial charge in [-0.05, 0) is 25.5 Å². The minimum absolute atomic E-state index is 0.104. The van der Waals surface area contributed by atoms with Crippen molar-refractivity contribution in [1.82, 2.24) is 10.3 Å². The lowest BCUT2D eigenvalue weighted by Crippen LogP contribution is -2.23. The van der Waals surface area contributed by atoms with Crippen LogP contribution in [0.3, 0.4) is 0 Å². The van der Waals surface area contributed by atoms with Gasteiger partial charge in [0.15, 0.2) is 4.34 Å². The minimum atomic E-state index is -0.381. The monoisotopic (exact) mass is 295 g/mol. The molecule has 0 radical (unpaired) electrons. The molecule has 2 aromatic rings. The molecule has 1 aliphatic rings. The van der Waals surface area contributed by atoms with Crippen LogP contribution in [0, 0.1) is 10.1 Å². The molecule has 0 bridgehead atoms. The van der Waals surface area contributed by atoms with E-state index in [1.807, 2.05) is 0 Å². The predicted octanol–water partition coefficient (Wildman–Crippen LogP) is 3.05. The van der Waals surface area contributed by atoms with Gasteiger partial charge >= 0.3 is 0 Å². The van der Waals surface area contributed by atoms with Crippen molar-refractivity contribution in [3.63, 3.8) is 0 Å². The van der Waals surface area contributed by atoms with Gasteiger partial charge in [-0.3, -0.25) is 10.1 Å². The number of rotatable bonds is 4. The van der Waals surface area contributed by atoms with Gasteiger partial charge in [-0.2, -0.15) is 0 Å². The number of nitro benzene ring substituents is 1. The molecular formula is C12H13N3O2S2. The quantitative estimate of drug-likeness (QED) is 0.533. The molecule has 1 aromatic carbocycles. The van der Waals surface area contributed by atoms with Gasteiger partial charge in [0.25, 0.3) is 5.69 Å². The Balaban J connectivity index is 1.75. The van der Waals surface area contributed by atoms with Crippen LogP contribution in [-0.2, 0) is 0 Å². The summed E-state index contributed by atoms with van der Waals surface area (Å²) in [5, 5.41) is 14.2. The first-order chi connectivity index (χ1) is 9.22. The molecule has 1 fully saturated rings. The van der Waals surface area contributed by atoms with Gasteiger partial charge < -0.3 is 5.32 Å². The van der Waals surface area contributed by atoms with E-state index in [1.54, 1.807) is 35.2 Å². The van der Waals surface area contributed by atoms with Crippen LogP contribution >= 0.6 is 23.1 Å². The molecule has 19 heavy (non-hydrogen) atoms. The van der Waals surface area contributed by atoms with Crippen LogP contribution in [0.15, 0.2) is 22.5 Å². The van der Waals surface area contributed by atoms with Gasteiger partial charge in [0.2, 0.25) is 0 Å². The standard InChI is InChI=1S/C12H13N3O2S2/c16-15(17)9-3-4-11-10(6-9)14-12(19-11)18-7-8-2-1-5-13-8/h3-4,6,8,13H,1-2,5,7H2. The Morgan fingerprint density at radius 3 is 3.21 bits per heavy atom. The number of hydrogen-bond donors (Lipinski definition) is 1. The van der Waals surface area contributed by atoms with Crippen LogP contribution in [-0.4, -0.2) is 28.2 Å². The fourth-order valence-corrected chi connectivity index (χ4v) is 4.32. The Labute approximate surface area is 118 Å². The van der Waals surface area contributed by atoms with Crippen LogP contribution in [0.4, 0.5) is 5.69 Å². The largest absolute Gasteiger partial charge is 0.313 e. The zero-order valence-corrected chi connectivity index (χ0v) is 11.8. The Kier molecular flexibility index (Phi) is 3.67. The Morgan fingerprint density at radius 1 is 1.58 bits per heavy atom. The van der Waals surface area contributed by atoms with Crippen LogP contribution in [0.2, 0.25) is 0 Å². The van der Waals surface area contributed by atoms with Crippen molar-refractivity contribution >= 4 is 39.0 Å². The summed E-state index contributed by atoms with van der Waals surface area (Å²) in [6, 6.07) is 5.44. The summed E-state index contributed by atoms with van der Waals surface area (Å²) < 4.78 is 2.00. The van der Waals surface area contributed by atoms with E-state index in [4.69, 9.17) is 0 Å². The number of aromatic nitrogens is 1. The SMILES string of the molecule is O=[N+]([O-])c1ccc2sc(SCC3CCCN3)nc2c1. The molecule has 1 aliphatic heterocycles. The molecule has 1 atom stereocenters. The van der Waals surface area contributed by atoms with Crippen molar-refractivity contribution in [1.29, 1.82) is 0 Å². The highest BCUT2D eigenvalue weighted by Crippen LogP contribution is 2.32. The maximum atomic E-state index is 10.7. The Hall–Kier alpha value is -1.18. The molecule has 0 spiro atoms. The third kappa shape index (κ3) is 2.88. The lowest BCUT2D eigenvalue weighted by Gasteiger charge is -2.06. The normalized spacial score (nSPS) is 19.1. The molecule has 1 saturated heterocycles. The lowest BCUT2D eigenvalue weighted by atomic mass is 10.3. The number of nitro groups is 1. The van der Waals surface area contributed by atoms with Gasteiger partial charge in [-0.15, -0.1) is 11.3 Å². The van der Waals surface area contributed by atoms with Gasteiger partial charge in [-0.25, -0.2) is 4.98 Å². The molecule has 1 N–H and O–H groups in total. The van der Waals surface area contributed by atoms with Gasteiger partial charge in [0, 0.05) is 23.9 Å². The van der Waals surface area contributed by atoms with Crippen LogP contribution in [0.5, 0.6) is 0 Å². The summed E-state index contributed by atoms with van der Waals surface area (Å²) in [5.74, 6) is 1.02. The average Bonchev–Trinajstić information content (AvgIpc) is 3.04. The van der Waals surface area contributed by atoms with Crippen molar-refractivity contribution in [2.75, 3.05) is 12.3 Å². The first-order valence-corrected chi connectivity index (χ1v) is 7.94. The van der Waals surface area contributed by atoms with Gasteiger partial charge in [0.05, 0.1) is 15.1 Å². The number of fused-ring (bicyclic) bond motifs is 1. The topological polar surface area (TPSA) is 68.1 Å². The zero-order chi connectivity index (χ0) is 13.2. The van der Waals surface area contributed by atoms with Gasteiger partial charge in [0.1, 0.15) is 0 Å². The second kappa shape index (κ2) is 5.44. The van der Waals surface area contributed by atoms with Crippen LogP contribution < -0.4 is 5.32 Å². The number of hydrogen-bond acceptors (Lipinski definition) is 6. The summed E-state index contributed by atoms with van der Waals surface area (Å²) in [4.78, 5) is 14.8. The summed E-state index contributed by atoms with van der Waals surface area (Å²) >= 11 is 3.34. The van der Waals surface area contributed by atoms with E-state index in [2.05, 4.69) is 10.3 Å². The molecule has 3 rings (SSSR count). The fraction of sp³-hybridized carbons (Fsp3) is 0.417. The maximum Gasteiger partial charge on any atom is 0.271 e. The third-order valence-electron chi connectivity index (χ3n) is 3.13. The van der Waals surface area contributed by atoms with Crippen LogP contribution in [0.1, 0.15) is 12.8 Å². The predicted molar refractivity (Wildman–Crippen MR) is 78.0 cm³/mol. The second-order valence-electron chi connectivity index (χ2n) is 4.49. The number of benzene rings is 1. The first kappa shape index (κ1) is 12.8. The minimum Gasteiger partial charge on any atom is -0.313 e. The molecule has 5 nitrogen and oxygen atoms in total. The molecule has 0 aliphatic carbocycles. The van der Waals surface area contributed by atoms with Crippen LogP contribution in [0.25, 0.3) is 10.2 Å². The van der Waals surface area contributed by atoms with Crippen molar-refractivity contribution in [3.8, 4) is 0 Å². The zero-order valence-electron chi connectivity index (χ0n) is 10.2. The summed E-state index contributed by atoms with van der Waals surface area (Å²) in [6.07, 6.45) is 2.47. The summed E-state index contributed by atoms with van der Waals surface area (Å²) in [6.45, 7) is 1.11. The molecular weight excluding hydrogens is 282 g/mol. The van der Waals surface area contributed by atoms with Gasteiger partial charge in [-0.1, -0.05) is 11.8 Å². The molecule has 2 heterocycles. The third-order valence-corrected chi connectivity index (χ3v) is 5.47. The number of thiazole rings is 1. The van der Waals surface area contributed by atoms with Crippen molar-refractivity contribution in [2.45, 2.75) is 23.2 Å². The van der Waals surface area contributed by atoms with E-state index in [0.717, 1.165) is 26.9 Å². The maximum absolute atomic E-state index is 10.7. The van der Waals surface area contributed by atoms with E-state index < -0.39 is 0 Å². The summed E-state index contributed by atoms with van der Waals surface area (Å²) in [5.41, 5.74) is 0.827. The van der Waals surface area contributed by atoms with Crippen molar-refractivity contribution in [2.24, 2.45) is 0 Å². The molecule has 0 saturated carbocycles. The number of nitrogens with zero attached hydrogens (tertiary/aromatic N) is 2. The average molecular weight is 295 g/mol. The second-order valence-corrected chi connectivity index (χ2v) is 6.79. The van der Waals surface area contributed by atoms with E-state index in [0.29, 0.717) is 6.04 Å². The fourth-order valence-electron chi connectivity index (χ4n) is 2.14. The number of nitrogens with one attached hydrogen (secondary N) is 1. The number of thioether (sulfide) groups is 1. The Bertz CT molecular complexity index is 608.